The number of aromatic nitrogens is 1. The number of furan rings is 1. The molecule has 5 rings (SSSR count). The number of ether oxygens (including phenoxy) is 2. The van der Waals surface area contributed by atoms with Crippen LogP contribution in [0.2, 0.25) is 0 Å². The zero-order chi connectivity index (χ0) is 26.2. The number of carbonyl (C=O) groups is 2. The Morgan fingerprint density at radius 1 is 1.14 bits per heavy atom. The molecule has 0 unspecified atom stereocenters. The maximum Gasteiger partial charge on any atom is 0.410 e. The lowest BCUT2D eigenvalue weighted by molar-refractivity contribution is 0.0199. The highest BCUT2D eigenvalue weighted by atomic mass is 19.1. The number of halogens is 1. The summed E-state index contributed by atoms with van der Waals surface area (Å²) in [6, 6.07) is 11.6. The van der Waals surface area contributed by atoms with Crippen LogP contribution in [0.1, 0.15) is 49.7 Å². The number of amides is 2. The van der Waals surface area contributed by atoms with Gasteiger partial charge in [0.15, 0.2) is 0 Å². The van der Waals surface area contributed by atoms with E-state index in [1.54, 1.807) is 23.3 Å². The maximum absolute atomic E-state index is 13.7. The van der Waals surface area contributed by atoms with Gasteiger partial charge in [-0.15, -0.1) is 0 Å². The van der Waals surface area contributed by atoms with E-state index in [1.807, 2.05) is 39.0 Å². The molecule has 2 N–H and O–H groups in total. The summed E-state index contributed by atoms with van der Waals surface area (Å²) in [7, 11) is 0. The van der Waals surface area contributed by atoms with Crippen molar-refractivity contribution in [3.05, 3.63) is 65.8 Å². The quantitative estimate of drug-likeness (QED) is 0.358. The first-order valence-electron chi connectivity index (χ1n) is 12.4. The highest BCUT2D eigenvalue weighted by Crippen LogP contribution is 2.29. The number of aromatic amines is 1. The molecule has 2 amide bonds. The van der Waals surface area contributed by atoms with Gasteiger partial charge in [0, 0.05) is 41.0 Å². The number of nitrogens with zero attached hydrogens (tertiary/aromatic N) is 1. The molecule has 37 heavy (non-hydrogen) atoms. The third kappa shape index (κ3) is 5.55. The number of rotatable bonds is 5. The first kappa shape index (κ1) is 24.7. The highest BCUT2D eigenvalue weighted by Gasteiger charge is 2.28. The van der Waals surface area contributed by atoms with E-state index >= 15 is 0 Å². The standard InChI is InChI=1S/C28H30FN3O5/c1-28(2,3)37-27(34)32-11-9-19(10-12-32)30-26(33)23-14-21-22(31-23)5-4-6-24(21)35-15-17-16-36-25-8-7-18(29)13-20(17)25/h4-8,13-14,16,19,31H,9-12,15H2,1-3H3,(H,30,33). The monoisotopic (exact) mass is 507 g/mol. The van der Waals surface area contributed by atoms with Gasteiger partial charge in [-0.2, -0.15) is 0 Å². The van der Waals surface area contributed by atoms with Gasteiger partial charge < -0.3 is 29.1 Å². The lowest BCUT2D eigenvalue weighted by atomic mass is 10.1. The number of H-pyrrole nitrogens is 1. The van der Waals surface area contributed by atoms with Crippen LogP contribution < -0.4 is 10.1 Å². The summed E-state index contributed by atoms with van der Waals surface area (Å²) in [6.45, 7) is 6.77. The van der Waals surface area contributed by atoms with Gasteiger partial charge in [0.05, 0.1) is 6.26 Å². The van der Waals surface area contributed by atoms with Crippen LogP contribution >= 0.6 is 0 Å². The number of piperidine rings is 1. The van der Waals surface area contributed by atoms with Gasteiger partial charge in [-0.3, -0.25) is 4.79 Å². The average molecular weight is 508 g/mol. The van der Waals surface area contributed by atoms with E-state index < -0.39 is 5.60 Å². The molecule has 0 bridgehead atoms. The Bertz CT molecular complexity index is 1440. The molecule has 1 aliphatic heterocycles. The van der Waals surface area contributed by atoms with E-state index in [2.05, 4.69) is 10.3 Å². The van der Waals surface area contributed by atoms with E-state index in [0.29, 0.717) is 48.3 Å². The Morgan fingerprint density at radius 3 is 2.68 bits per heavy atom. The van der Waals surface area contributed by atoms with Gasteiger partial charge in [-0.25, -0.2) is 9.18 Å². The Labute approximate surface area is 213 Å². The summed E-state index contributed by atoms with van der Waals surface area (Å²) in [5.41, 5.74) is 1.99. The van der Waals surface area contributed by atoms with Crippen molar-refractivity contribution in [1.82, 2.24) is 15.2 Å². The summed E-state index contributed by atoms with van der Waals surface area (Å²) in [6.07, 6.45) is 2.54. The van der Waals surface area contributed by atoms with Crippen molar-refractivity contribution in [3.8, 4) is 5.75 Å². The van der Waals surface area contributed by atoms with E-state index in [-0.39, 0.29) is 30.5 Å². The van der Waals surface area contributed by atoms with Crippen LogP contribution in [0.25, 0.3) is 21.9 Å². The minimum atomic E-state index is -0.537. The molecule has 1 saturated heterocycles. The third-order valence-electron chi connectivity index (χ3n) is 6.35. The van der Waals surface area contributed by atoms with Crippen molar-refractivity contribution < 1.29 is 27.9 Å². The Morgan fingerprint density at radius 2 is 1.92 bits per heavy atom. The molecular weight excluding hydrogens is 477 g/mol. The SMILES string of the molecule is CC(C)(C)OC(=O)N1CCC(NC(=O)c2cc3c(OCc4coc5ccc(F)cc45)cccc3[nH]2)CC1. The topological polar surface area (TPSA) is 96.8 Å². The molecule has 0 atom stereocenters. The van der Waals surface area contributed by atoms with Crippen LogP contribution in [0.5, 0.6) is 5.75 Å². The molecule has 1 aliphatic rings. The zero-order valence-electron chi connectivity index (χ0n) is 21.1. The van der Waals surface area contributed by atoms with Crippen molar-refractivity contribution in [2.24, 2.45) is 0 Å². The molecule has 194 valence electrons. The molecule has 0 aliphatic carbocycles. The molecular formula is C28H30FN3O5. The van der Waals surface area contributed by atoms with Crippen molar-refractivity contribution in [1.29, 1.82) is 0 Å². The highest BCUT2D eigenvalue weighted by molar-refractivity contribution is 5.99. The molecule has 4 aromatic rings. The Kier molecular flexibility index (Phi) is 6.54. The van der Waals surface area contributed by atoms with Crippen LogP contribution in [-0.4, -0.2) is 46.6 Å². The van der Waals surface area contributed by atoms with Gasteiger partial charge in [0.1, 0.15) is 35.1 Å². The molecule has 0 saturated carbocycles. The largest absolute Gasteiger partial charge is 0.488 e. The summed E-state index contributed by atoms with van der Waals surface area (Å²) >= 11 is 0. The number of benzene rings is 2. The van der Waals surface area contributed by atoms with Crippen molar-refractivity contribution in [2.75, 3.05) is 13.1 Å². The number of likely N-dealkylation sites (tertiary alicyclic amines) is 1. The van der Waals surface area contributed by atoms with Crippen LogP contribution in [-0.2, 0) is 11.3 Å². The molecule has 3 heterocycles. The normalized spacial score (nSPS) is 14.8. The van der Waals surface area contributed by atoms with Crippen molar-refractivity contribution >= 4 is 33.9 Å². The first-order chi connectivity index (χ1) is 17.7. The van der Waals surface area contributed by atoms with E-state index in [4.69, 9.17) is 13.9 Å². The summed E-state index contributed by atoms with van der Waals surface area (Å²) < 4.78 is 30.7. The Balaban J connectivity index is 1.22. The van der Waals surface area contributed by atoms with Gasteiger partial charge in [-0.05, 0) is 70.0 Å². The number of fused-ring (bicyclic) bond motifs is 2. The van der Waals surface area contributed by atoms with Gasteiger partial charge in [-0.1, -0.05) is 6.07 Å². The number of nitrogens with one attached hydrogen (secondary N) is 2. The van der Waals surface area contributed by atoms with E-state index in [9.17, 15) is 14.0 Å². The lowest BCUT2D eigenvalue weighted by Crippen LogP contribution is -2.47. The molecule has 9 heteroatoms. The second kappa shape index (κ2) is 9.80. The minimum absolute atomic E-state index is 0.0388. The number of hydrogen-bond acceptors (Lipinski definition) is 5. The van der Waals surface area contributed by atoms with Crippen molar-refractivity contribution in [3.63, 3.8) is 0 Å². The molecule has 0 radical (unpaired) electrons. The van der Waals surface area contributed by atoms with E-state index in [0.717, 1.165) is 16.5 Å². The fourth-order valence-corrected chi connectivity index (χ4v) is 4.49. The molecule has 1 fully saturated rings. The number of carbonyl (C=O) groups excluding carboxylic acids is 2. The second-order valence-electron chi connectivity index (χ2n) is 10.3. The third-order valence-corrected chi connectivity index (χ3v) is 6.35. The molecule has 2 aromatic carbocycles. The van der Waals surface area contributed by atoms with Crippen LogP contribution in [0, 0.1) is 5.82 Å². The second-order valence-corrected chi connectivity index (χ2v) is 10.3. The smallest absolute Gasteiger partial charge is 0.410 e. The predicted octanol–water partition coefficient (Wildman–Crippen LogP) is 5.76. The van der Waals surface area contributed by atoms with Gasteiger partial charge in [0.25, 0.3) is 5.91 Å². The van der Waals surface area contributed by atoms with Crippen LogP contribution in [0.3, 0.4) is 0 Å². The predicted molar refractivity (Wildman–Crippen MR) is 137 cm³/mol. The summed E-state index contributed by atoms with van der Waals surface area (Å²) in [4.78, 5) is 30.1. The Hall–Kier alpha value is -4.01. The van der Waals surface area contributed by atoms with Crippen LogP contribution in [0.15, 0.2) is 53.1 Å². The summed E-state index contributed by atoms with van der Waals surface area (Å²) in [5.74, 6) is 0.0486. The fraction of sp³-hybridized carbons (Fsp3) is 0.357. The average Bonchev–Trinajstić information content (AvgIpc) is 3.46. The summed E-state index contributed by atoms with van der Waals surface area (Å²) in [5, 5.41) is 4.50. The lowest BCUT2D eigenvalue weighted by Gasteiger charge is -2.33. The van der Waals surface area contributed by atoms with E-state index in [1.165, 1.54) is 12.1 Å². The zero-order valence-corrected chi connectivity index (χ0v) is 21.1. The van der Waals surface area contributed by atoms with Gasteiger partial charge in [0.2, 0.25) is 0 Å². The van der Waals surface area contributed by atoms with Crippen molar-refractivity contribution in [2.45, 2.75) is 51.9 Å². The maximum atomic E-state index is 13.7. The van der Waals surface area contributed by atoms with Crippen LogP contribution in [0.4, 0.5) is 9.18 Å². The fourth-order valence-electron chi connectivity index (χ4n) is 4.49. The number of hydrogen-bond donors (Lipinski definition) is 2. The van der Waals surface area contributed by atoms with Gasteiger partial charge >= 0.3 is 6.09 Å². The molecule has 2 aromatic heterocycles. The molecule has 0 spiro atoms. The minimum Gasteiger partial charge on any atom is -0.488 e. The molecule has 8 nitrogen and oxygen atoms in total. The first-order valence-corrected chi connectivity index (χ1v) is 12.4.